The van der Waals surface area contributed by atoms with Crippen LogP contribution in [0.25, 0.3) is 16.7 Å². The first kappa shape index (κ1) is 16.1. The molecule has 132 valence electrons. The van der Waals surface area contributed by atoms with E-state index in [0.29, 0.717) is 17.0 Å². The predicted octanol–water partition coefficient (Wildman–Crippen LogP) is 2.64. The van der Waals surface area contributed by atoms with Gasteiger partial charge in [0.2, 0.25) is 0 Å². The van der Waals surface area contributed by atoms with Crippen LogP contribution in [-0.4, -0.2) is 45.0 Å². The number of benzene rings is 1. The summed E-state index contributed by atoms with van der Waals surface area (Å²) >= 11 is 0. The Kier molecular flexibility index (Phi) is 3.95. The number of nitrogens with one attached hydrogen (secondary N) is 1. The number of imidazole rings is 1. The predicted molar refractivity (Wildman–Crippen MR) is 94.2 cm³/mol. The topological polar surface area (TPSA) is 79.4 Å². The molecule has 0 saturated carbocycles. The Morgan fingerprint density at radius 2 is 2.24 bits per heavy atom. The molecule has 1 unspecified atom stereocenters. The maximum atomic E-state index is 13.8. The lowest BCUT2D eigenvalue weighted by Gasteiger charge is -2.17. The molecule has 1 amide bonds. The summed E-state index contributed by atoms with van der Waals surface area (Å²) in [5, 5.41) is 3.18. The molecule has 1 aliphatic rings. The molecule has 0 bridgehead atoms. The summed E-state index contributed by atoms with van der Waals surface area (Å²) in [5.41, 5.74) is 8.46. The highest BCUT2D eigenvalue weighted by atomic mass is 19.1. The standard InChI is InChI=1S/C18H22FN5O/c1-2-23-6-3-4-11(5-7-23)14-10-21-24-16-13(17(20)25)8-12(19)9-15(16)22-18(14)24/h8-11,21H,2-7H2,1H3,(H2,20,25). The van der Waals surface area contributed by atoms with Crippen molar-refractivity contribution < 1.29 is 9.18 Å². The Bertz CT molecular complexity index is 944. The lowest BCUT2D eigenvalue weighted by molar-refractivity contribution is 0.100. The van der Waals surface area contributed by atoms with E-state index >= 15 is 0 Å². The molecular weight excluding hydrogens is 321 g/mol. The van der Waals surface area contributed by atoms with Crippen molar-refractivity contribution in [3.05, 3.63) is 35.3 Å². The van der Waals surface area contributed by atoms with E-state index in [1.54, 1.807) is 4.52 Å². The van der Waals surface area contributed by atoms with E-state index in [0.717, 1.165) is 50.1 Å². The minimum atomic E-state index is -0.657. The van der Waals surface area contributed by atoms with Crippen molar-refractivity contribution in [2.45, 2.75) is 32.1 Å². The molecule has 0 spiro atoms. The van der Waals surface area contributed by atoms with Gasteiger partial charge in [-0.3, -0.25) is 9.89 Å². The van der Waals surface area contributed by atoms with Gasteiger partial charge in [0.05, 0.1) is 11.1 Å². The van der Waals surface area contributed by atoms with Crippen molar-refractivity contribution in [2.24, 2.45) is 5.73 Å². The van der Waals surface area contributed by atoms with Crippen molar-refractivity contribution >= 4 is 22.6 Å². The molecule has 3 N–H and O–H groups in total. The van der Waals surface area contributed by atoms with E-state index < -0.39 is 11.7 Å². The third-order valence-electron chi connectivity index (χ3n) is 5.30. The summed E-state index contributed by atoms with van der Waals surface area (Å²) in [6, 6.07) is 2.52. The Morgan fingerprint density at radius 3 is 3.00 bits per heavy atom. The molecule has 1 saturated heterocycles. The quantitative estimate of drug-likeness (QED) is 0.767. The highest BCUT2D eigenvalue weighted by Gasteiger charge is 2.24. The normalized spacial score (nSPS) is 19.5. The van der Waals surface area contributed by atoms with Crippen LogP contribution < -0.4 is 5.73 Å². The third-order valence-corrected chi connectivity index (χ3v) is 5.30. The molecule has 2 aromatic heterocycles. The number of aromatic amines is 1. The summed E-state index contributed by atoms with van der Waals surface area (Å²) in [6.45, 7) is 5.46. The number of hydrogen-bond acceptors (Lipinski definition) is 3. The number of likely N-dealkylation sites (tertiary alicyclic amines) is 1. The van der Waals surface area contributed by atoms with Crippen molar-refractivity contribution in [2.75, 3.05) is 19.6 Å². The number of hydrogen-bond donors (Lipinski definition) is 2. The van der Waals surface area contributed by atoms with Gasteiger partial charge in [0, 0.05) is 17.8 Å². The molecular formula is C18H22FN5O. The van der Waals surface area contributed by atoms with Crippen LogP contribution in [0.3, 0.4) is 0 Å². The van der Waals surface area contributed by atoms with Gasteiger partial charge >= 0.3 is 0 Å². The van der Waals surface area contributed by atoms with Gasteiger partial charge in [0.15, 0.2) is 5.65 Å². The highest BCUT2D eigenvalue weighted by Crippen LogP contribution is 2.32. The first-order valence-corrected chi connectivity index (χ1v) is 8.79. The SMILES string of the molecule is CCN1CCCC(c2c[nH]n3c2nc2cc(F)cc(C(N)=O)c23)CC1. The average Bonchev–Trinajstić information content (AvgIpc) is 3.04. The molecule has 4 rings (SSSR count). The molecule has 6 nitrogen and oxygen atoms in total. The van der Waals surface area contributed by atoms with E-state index in [2.05, 4.69) is 21.9 Å². The highest BCUT2D eigenvalue weighted by molar-refractivity contribution is 6.05. The smallest absolute Gasteiger partial charge is 0.251 e. The van der Waals surface area contributed by atoms with Gasteiger partial charge < -0.3 is 10.6 Å². The van der Waals surface area contributed by atoms with E-state index in [1.165, 1.54) is 12.1 Å². The van der Waals surface area contributed by atoms with Gasteiger partial charge in [-0.05, 0) is 50.9 Å². The number of fused-ring (bicyclic) bond motifs is 3. The first-order valence-electron chi connectivity index (χ1n) is 8.79. The zero-order chi connectivity index (χ0) is 17.6. The molecule has 0 aliphatic carbocycles. The molecule has 25 heavy (non-hydrogen) atoms. The van der Waals surface area contributed by atoms with Crippen LogP contribution in [0, 0.1) is 5.82 Å². The van der Waals surface area contributed by atoms with Crippen molar-refractivity contribution in [1.82, 2.24) is 19.5 Å². The minimum Gasteiger partial charge on any atom is -0.366 e. The fourth-order valence-corrected chi connectivity index (χ4v) is 3.96. The summed E-state index contributed by atoms with van der Waals surface area (Å²) in [6.07, 6.45) is 5.28. The molecule has 1 aliphatic heterocycles. The molecule has 3 heterocycles. The van der Waals surface area contributed by atoms with Gasteiger partial charge in [0.25, 0.3) is 5.91 Å². The average molecular weight is 343 g/mol. The van der Waals surface area contributed by atoms with Gasteiger partial charge in [-0.25, -0.2) is 13.9 Å². The monoisotopic (exact) mass is 343 g/mol. The second-order valence-electron chi connectivity index (χ2n) is 6.75. The zero-order valence-electron chi connectivity index (χ0n) is 14.3. The summed E-state index contributed by atoms with van der Waals surface area (Å²) in [4.78, 5) is 18.8. The Morgan fingerprint density at radius 1 is 1.40 bits per heavy atom. The maximum Gasteiger partial charge on any atom is 0.251 e. The van der Waals surface area contributed by atoms with Crippen LogP contribution in [0.4, 0.5) is 4.39 Å². The summed E-state index contributed by atoms with van der Waals surface area (Å²) in [5.74, 6) is -0.754. The third kappa shape index (κ3) is 2.68. The van der Waals surface area contributed by atoms with Crippen LogP contribution in [-0.2, 0) is 0 Å². The van der Waals surface area contributed by atoms with Crippen LogP contribution in [0.2, 0.25) is 0 Å². The number of rotatable bonds is 3. The molecule has 1 fully saturated rings. The number of carbonyl (C=O) groups is 1. The van der Waals surface area contributed by atoms with Gasteiger partial charge in [0.1, 0.15) is 11.3 Å². The van der Waals surface area contributed by atoms with Crippen molar-refractivity contribution in [3.8, 4) is 0 Å². The molecule has 0 radical (unpaired) electrons. The Labute approximate surface area is 144 Å². The fourth-order valence-electron chi connectivity index (χ4n) is 3.96. The molecule has 1 atom stereocenters. The fraction of sp³-hybridized carbons (Fsp3) is 0.444. The van der Waals surface area contributed by atoms with Crippen LogP contribution in [0.15, 0.2) is 18.3 Å². The lowest BCUT2D eigenvalue weighted by Crippen LogP contribution is -2.24. The van der Waals surface area contributed by atoms with Crippen molar-refractivity contribution in [1.29, 1.82) is 0 Å². The lowest BCUT2D eigenvalue weighted by atomic mass is 9.94. The number of halogens is 1. The summed E-state index contributed by atoms with van der Waals surface area (Å²) < 4.78 is 15.6. The van der Waals surface area contributed by atoms with Crippen LogP contribution >= 0.6 is 0 Å². The van der Waals surface area contributed by atoms with E-state index in [1.807, 2.05) is 6.20 Å². The van der Waals surface area contributed by atoms with Gasteiger partial charge in [-0.1, -0.05) is 6.92 Å². The summed E-state index contributed by atoms with van der Waals surface area (Å²) in [7, 11) is 0. The number of nitrogens with zero attached hydrogens (tertiary/aromatic N) is 3. The largest absolute Gasteiger partial charge is 0.366 e. The van der Waals surface area contributed by atoms with Crippen LogP contribution in [0.1, 0.15) is 48.0 Å². The number of nitrogens with two attached hydrogens (primary N) is 1. The number of primary amides is 1. The Hall–Kier alpha value is -2.41. The van der Waals surface area contributed by atoms with E-state index in [-0.39, 0.29) is 5.56 Å². The molecule has 1 aromatic carbocycles. The second-order valence-corrected chi connectivity index (χ2v) is 6.75. The van der Waals surface area contributed by atoms with Crippen LogP contribution in [0.5, 0.6) is 0 Å². The molecule has 7 heteroatoms. The number of aromatic nitrogens is 3. The minimum absolute atomic E-state index is 0.147. The van der Waals surface area contributed by atoms with E-state index in [4.69, 9.17) is 5.73 Å². The number of amides is 1. The maximum absolute atomic E-state index is 13.8. The number of H-pyrrole nitrogens is 1. The van der Waals surface area contributed by atoms with Gasteiger partial charge in [-0.2, -0.15) is 0 Å². The first-order chi connectivity index (χ1) is 12.1. The second kappa shape index (κ2) is 6.15. The van der Waals surface area contributed by atoms with Gasteiger partial charge in [-0.15, -0.1) is 0 Å². The van der Waals surface area contributed by atoms with Crippen molar-refractivity contribution in [3.63, 3.8) is 0 Å². The number of carbonyl (C=O) groups excluding carboxylic acids is 1. The zero-order valence-corrected chi connectivity index (χ0v) is 14.3. The molecule has 3 aromatic rings. The Balaban J connectivity index is 1.82. The van der Waals surface area contributed by atoms with E-state index in [9.17, 15) is 9.18 Å².